The minimum absolute atomic E-state index is 0.126. The zero-order valence-electron chi connectivity index (χ0n) is 23.2. The van der Waals surface area contributed by atoms with E-state index in [0.29, 0.717) is 16.5 Å². The molecule has 0 spiro atoms. The second-order valence-corrected chi connectivity index (χ2v) is 12.8. The van der Waals surface area contributed by atoms with Crippen LogP contribution >= 0.6 is 11.9 Å². The van der Waals surface area contributed by atoms with E-state index in [4.69, 9.17) is 9.97 Å². The lowest BCUT2D eigenvalue weighted by atomic mass is 9.84. The topological polar surface area (TPSA) is 82.5 Å². The van der Waals surface area contributed by atoms with Gasteiger partial charge in [0.1, 0.15) is 16.7 Å². The summed E-state index contributed by atoms with van der Waals surface area (Å²) in [5.74, 6) is 1.77. The Hall–Kier alpha value is -2.87. The molecule has 2 aromatic heterocycles. The predicted octanol–water partition coefficient (Wildman–Crippen LogP) is 6.04. The highest BCUT2D eigenvalue weighted by Crippen LogP contribution is 2.41. The Balaban J connectivity index is 1.81. The summed E-state index contributed by atoms with van der Waals surface area (Å²) < 4.78 is 3.01. The number of rotatable bonds is 2. The molecule has 2 unspecified atom stereocenters. The van der Waals surface area contributed by atoms with E-state index in [2.05, 4.69) is 68.1 Å². The SMILES string of the molecule is C=CC(=NC)C1(C)CCC2CN(c3nc(C(C)(C)C)ccc3C(=O)NSc3cccc(n3)N1)C(C)(C)C2. The van der Waals surface area contributed by atoms with Crippen molar-refractivity contribution >= 4 is 35.2 Å². The van der Waals surface area contributed by atoms with Crippen molar-refractivity contribution in [2.24, 2.45) is 10.9 Å². The minimum Gasteiger partial charge on any atom is -0.359 e. The number of nitrogens with one attached hydrogen (secondary N) is 2. The number of carbonyl (C=O) groups excluding carboxylic acids is 1. The maximum Gasteiger partial charge on any atom is 0.265 e. The Morgan fingerprint density at radius 1 is 1.22 bits per heavy atom. The summed E-state index contributed by atoms with van der Waals surface area (Å²) in [6.45, 7) is 18.0. The molecule has 8 heteroatoms. The number of aromatic nitrogens is 2. The van der Waals surface area contributed by atoms with Gasteiger partial charge in [-0.1, -0.05) is 33.4 Å². The third-order valence-corrected chi connectivity index (χ3v) is 8.26. The van der Waals surface area contributed by atoms with Crippen molar-refractivity contribution in [2.75, 3.05) is 23.8 Å². The van der Waals surface area contributed by atoms with Gasteiger partial charge in [-0.2, -0.15) is 0 Å². The molecule has 1 saturated heterocycles. The quantitative estimate of drug-likeness (QED) is 0.371. The van der Waals surface area contributed by atoms with Gasteiger partial charge in [-0.25, -0.2) is 9.97 Å². The molecule has 0 aromatic carbocycles. The maximum atomic E-state index is 13.5. The first-order chi connectivity index (χ1) is 17.4. The summed E-state index contributed by atoms with van der Waals surface area (Å²) in [6, 6.07) is 9.70. The lowest BCUT2D eigenvalue weighted by Gasteiger charge is -2.34. The maximum absolute atomic E-state index is 13.5. The first-order valence-electron chi connectivity index (χ1n) is 13.0. The summed E-state index contributed by atoms with van der Waals surface area (Å²) in [7, 11) is 1.81. The fourth-order valence-corrected chi connectivity index (χ4v) is 6.09. The van der Waals surface area contributed by atoms with Crippen LogP contribution in [-0.2, 0) is 5.41 Å². The van der Waals surface area contributed by atoms with Crippen LogP contribution in [0.1, 0.15) is 76.9 Å². The van der Waals surface area contributed by atoms with Crippen LogP contribution < -0.4 is 14.9 Å². The smallest absolute Gasteiger partial charge is 0.265 e. The lowest BCUT2D eigenvalue weighted by molar-refractivity contribution is 0.0984. The highest BCUT2D eigenvalue weighted by molar-refractivity contribution is 7.97. The number of aliphatic imine (C=N–C) groups is 1. The summed E-state index contributed by atoms with van der Waals surface area (Å²) in [5, 5.41) is 4.33. The summed E-state index contributed by atoms with van der Waals surface area (Å²) in [4.78, 5) is 30.2. The van der Waals surface area contributed by atoms with E-state index >= 15 is 0 Å². The van der Waals surface area contributed by atoms with Gasteiger partial charge in [0, 0.05) is 42.2 Å². The van der Waals surface area contributed by atoms with Crippen molar-refractivity contribution in [3.8, 4) is 0 Å². The molecule has 37 heavy (non-hydrogen) atoms. The number of hydrogen-bond donors (Lipinski definition) is 2. The second kappa shape index (κ2) is 10.1. The lowest BCUT2D eigenvalue weighted by Crippen LogP contribution is -2.43. The van der Waals surface area contributed by atoms with E-state index in [1.165, 1.54) is 11.9 Å². The molecule has 2 aromatic rings. The van der Waals surface area contributed by atoms with Gasteiger partial charge in [0.25, 0.3) is 5.91 Å². The molecular formula is C29H40N6OS. The Labute approximate surface area is 225 Å². The van der Waals surface area contributed by atoms with Crippen molar-refractivity contribution < 1.29 is 4.79 Å². The number of fused-ring (bicyclic) bond motifs is 6. The van der Waals surface area contributed by atoms with Crippen LogP contribution in [0.4, 0.5) is 11.6 Å². The molecule has 2 atom stereocenters. The van der Waals surface area contributed by atoms with Gasteiger partial charge in [0.2, 0.25) is 0 Å². The molecule has 4 heterocycles. The van der Waals surface area contributed by atoms with Crippen molar-refractivity contribution in [1.82, 2.24) is 14.7 Å². The van der Waals surface area contributed by atoms with E-state index in [0.717, 1.165) is 48.8 Å². The number of amides is 1. The average molecular weight is 521 g/mol. The van der Waals surface area contributed by atoms with Gasteiger partial charge in [-0.05, 0) is 76.3 Å². The summed E-state index contributed by atoms with van der Waals surface area (Å²) in [5.41, 5.74) is 1.78. The molecule has 0 saturated carbocycles. The van der Waals surface area contributed by atoms with Gasteiger partial charge in [-0.15, -0.1) is 0 Å². The molecule has 1 fully saturated rings. The number of nitrogens with zero attached hydrogens (tertiary/aromatic N) is 4. The van der Waals surface area contributed by atoms with Crippen molar-refractivity contribution in [1.29, 1.82) is 0 Å². The molecule has 1 amide bonds. The Kier molecular flexibility index (Phi) is 7.43. The fraction of sp³-hybridized carbons (Fsp3) is 0.517. The molecule has 4 rings (SSSR count). The van der Waals surface area contributed by atoms with E-state index in [9.17, 15) is 4.79 Å². The van der Waals surface area contributed by atoms with E-state index < -0.39 is 5.54 Å². The third-order valence-electron chi connectivity index (χ3n) is 7.53. The van der Waals surface area contributed by atoms with E-state index in [1.54, 1.807) is 0 Å². The van der Waals surface area contributed by atoms with Gasteiger partial charge < -0.3 is 10.2 Å². The number of pyridine rings is 2. The number of carbonyl (C=O) groups is 1. The van der Waals surface area contributed by atoms with Crippen molar-refractivity contribution in [3.05, 3.63) is 54.2 Å². The zero-order chi connectivity index (χ0) is 27.0. The molecule has 2 aliphatic heterocycles. The van der Waals surface area contributed by atoms with E-state index in [-0.39, 0.29) is 16.9 Å². The van der Waals surface area contributed by atoms with Crippen LogP contribution in [0, 0.1) is 5.92 Å². The van der Waals surface area contributed by atoms with Crippen LogP contribution in [0.3, 0.4) is 0 Å². The first kappa shape index (κ1) is 27.2. The van der Waals surface area contributed by atoms with Crippen molar-refractivity contribution in [3.63, 3.8) is 0 Å². The van der Waals surface area contributed by atoms with Crippen LogP contribution in [0.2, 0.25) is 0 Å². The first-order valence-corrected chi connectivity index (χ1v) is 13.8. The Bertz CT molecular complexity index is 1220. The van der Waals surface area contributed by atoms with Crippen LogP contribution in [0.15, 0.2) is 53.0 Å². The normalized spacial score (nSPS) is 24.3. The predicted molar refractivity (Wildman–Crippen MR) is 155 cm³/mol. The summed E-state index contributed by atoms with van der Waals surface area (Å²) >= 11 is 1.21. The highest BCUT2D eigenvalue weighted by atomic mass is 32.2. The largest absolute Gasteiger partial charge is 0.359 e. The monoisotopic (exact) mass is 520 g/mol. The molecule has 0 radical (unpaired) electrons. The van der Waals surface area contributed by atoms with Gasteiger partial charge >= 0.3 is 0 Å². The molecule has 4 bridgehead atoms. The fourth-order valence-electron chi connectivity index (χ4n) is 5.49. The standard InChI is InChI=1S/C29H40N6OS/c1-9-21(30-8)29(7)16-15-19-17-28(5,6)35(18-19)25-20(13-14-22(31-25)27(2,3)4)26(36)34-37-24-12-10-11-23(32-24)33-29/h9-14,19H,1,15-18H2,2-8H3,(H,32,33)(H,34,36). The Morgan fingerprint density at radius 2 is 1.97 bits per heavy atom. The van der Waals surface area contributed by atoms with E-state index in [1.807, 2.05) is 43.5 Å². The molecule has 0 aliphatic carbocycles. The van der Waals surface area contributed by atoms with Crippen LogP contribution in [-0.4, -0.2) is 46.3 Å². The van der Waals surface area contributed by atoms with Gasteiger partial charge in [0.05, 0.1) is 16.8 Å². The third kappa shape index (κ3) is 5.69. The molecule has 198 valence electrons. The summed E-state index contributed by atoms with van der Waals surface area (Å²) in [6.07, 6.45) is 4.71. The van der Waals surface area contributed by atoms with Crippen LogP contribution in [0.25, 0.3) is 0 Å². The second-order valence-electron chi connectivity index (χ2n) is 12.0. The molecule has 2 N–H and O–H groups in total. The molecule has 2 aliphatic rings. The van der Waals surface area contributed by atoms with Gasteiger partial charge in [0.15, 0.2) is 0 Å². The average Bonchev–Trinajstić information content (AvgIpc) is 3.14. The number of anilines is 2. The number of hydrogen-bond acceptors (Lipinski definition) is 7. The van der Waals surface area contributed by atoms with Crippen molar-refractivity contribution in [2.45, 2.75) is 82.3 Å². The zero-order valence-corrected chi connectivity index (χ0v) is 24.0. The Morgan fingerprint density at radius 3 is 2.65 bits per heavy atom. The van der Waals surface area contributed by atoms with Gasteiger partial charge in [-0.3, -0.25) is 14.5 Å². The molecule has 7 nitrogen and oxygen atoms in total. The van der Waals surface area contributed by atoms with Crippen LogP contribution in [0.5, 0.6) is 0 Å². The molecular weight excluding hydrogens is 480 g/mol. The highest BCUT2D eigenvalue weighted by Gasteiger charge is 2.42. The minimum atomic E-state index is -0.427.